The lowest BCUT2D eigenvalue weighted by atomic mass is 10.2. The average molecular weight is 347 g/mol. The van der Waals surface area contributed by atoms with E-state index in [1.54, 1.807) is 24.3 Å². The molecule has 2 aromatic carbocycles. The highest BCUT2D eigenvalue weighted by Crippen LogP contribution is 2.63. The van der Waals surface area contributed by atoms with E-state index >= 15 is 0 Å². The molecule has 0 unspecified atom stereocenters. The summed E-state index contributed by atoms with van der Waals surface area (Å²) in [5, 5.41) is 12.8. The molecule has 1 aliphatic rings. The fourth-order valence-electron chi connectivity index (χ4n) is 2.62. The first-order chi connectivity index (χ1) is 11.5. The molecule has 2 N–H and O–H groups in total. The van der Waals surface area contributed by atoms with Crippen LogP contribution in [-0.4, -0.2) is 17.8 Å². The van der Waals surface area contributed by atoms with Crippen LogP contribution in [0.25, 0.3) is 0 Å². The number of hydrogen-bond donors (Lipinski definition) is 2. The zero-order valence-electron chi connectivity index (χ0n) is 13.8. The highest BCUT2D eigenvalue weighted by molar-refractivity contribution is 7.54. The van der Waals surface area contributed by atoms with Gasteiger partial charge in [0.15, 0.2) is 5.78 Å². The minimum atomic E-state index is -3.39. The van der Waals surface area contributed by atoms with Crippen LogP contribution in [0.2, 0.25) is 0 Å². The monoisotopic (exact) mass is 347 g/mol. The molecule has 3 rings (SSSR count). The Morgan fingerprint density at radius 1 is 1.17 bits per heavy atom. The molecule has 2 aromatic rings. The first-order valence-corrected chi connectivity index (χ1v) is 9.62. The van der Waals surface area contributed by atoms with Gasteiger partial charge in [0.05, 0.1) is 12.7 Å². The molecule has 1 heterocycles. The summed E-state index contributed by atoms with van der Waals surface area (Å²) in [5.41, 5.74) is 2.72. The molecular formula is C18H22NO4P. The number of aryl methyl sites for hydroxylation is 1. The van der Waals surface area contributed by atoms with Crippen LogP contribution in [0.5, 0.6) is 5.75 Å². The van der Waals surface area contributed by atoms with Crippen LogP contribution >= 0.6 is 7.60 Å². The predicted octanol–water partition coefficient (Wildman–Crippen LogP) is 4.83. The van der Waals surface area contributed by atoms with Gasteiger partial charge in [-0.1, -0.05) is 29.8 Å². The Kier molecular flexibility index (Phi) is 4.95. The summed E-state index contributed by atoms with van der Waals surface area (Å²) >= 11 is 0. The average Bonchev–Trinajstić information content (AvgIpc) is 2.55. The fourth-order valence-corrected chi connectivity index (χ4v) is 4.77. The SMILES string of the molecule is Cc1ccc(N[C@@H](c2ccc(O)cc2)[P@@]2(=O)OCC[C@@H](C)O2)cc1. The Bertz CT molecular complexity index is 730. The maximum atomic E-state index is 13.3. The highest BCUT2D eigenvalue weighted by atomic mass is 31.2. The number of rotatable bonds is 4. The standard InChI is InChI=1S/C18H22NO4P/c1-13-3-7-16(8-4-13)19-18(15-5-9-17(20)10-6-15)24(21)22-12-11-14(2)23-24/h3-10,14,18-20H,11-12H2,1-2H3/t14-,18-,24-/m1/s1. The Hall–Kier alpha value is -1.81. The van der Waals surface area contributed by atoms with Crippen molar-refractivity contribution in [2.75, 3.05) is 11.9 Å². The van der Waals surface area contributed by atoms with Crippen molar-refractivity contribution in [1.82, 2.24) is 0 Å². The quantitative estimate of drug-likeness (QED) is 0.776. The van der Waals surface area contributed by atoms with Gasteiger partial charge in [0.25, 0.3) is 0 Å². The topological polar surface area (TPSA) is 67.8 Å². The van der Waals surface area contributed by atoms with Crippen molar-refractivity contribution in [1.29, 1.82) is 0 Å². The van der Waals surface area contributed by atoms with E-state index in [4.69, 9.17) is 9.05 Å². The van der Waals surface area contributed by atoms with Crippen molar-refractivity contribution in [2.24, 2.45) is 0 Å². The van der Waals surface area contributed by atoms with E-state index in [0.29, 0.717) is 6.61 Å². The normalized spacial score (nSPS) is 25.2. The number of phenols is 1. The third-order valence-corrected chi connectivity index (χ3v) is 6.26. The van der Waals surface area contributed by atoms with Crippen molar-refractivity contribution in [2.45, 2.75) is 32.2 Å². The maximum absolute atomic E-state index is 13.3. The van der Waals surface area contributed by atoms with Gasteiger partial charge in [-0.2, -0.15) is 0 Å². The second kappa shape index (κ2) is 6.98. The van der Waals surface area contributed by atoms with Gasteiger partial charge in [0.2, 0.25) is 0 Å². The van der Waals surface area contributed by atoms with Crippen LogP contribution in [0.4, 0.5) is 5.69 Å². The predicted molar refractivity (Wildman–Crippen MR) is 94.4 cm³/mol. The molecule has 3 atom stereocenters. The molecule has 0 amide bonds. The van der Waals surface area contributed by atoms with E-state index < -0.39 is 13.4 Å². The summed E-state index contributed by atoms with van der Waals surface area (Å²) in [4.78, 5) is 0. The smallest absolute Gasteiger partial charge is 0.357 e. The number of aromatic hydroxyl groups is 1. The van der Waals surface area contributed by atoms with E-state index in [1.165, 1.54) is 0 Å². The van der Waals surface area contributed by atoms with E-state index in [9.17, 15) is 9.67 Å². The van der Waals surface area contributed by atoms with Gasteiger partial charge in [-0.05, 0) is 50.1 Å². The van der Waals surface area contributed by atoms with E-state index in [1.807, 2.05) is 38.1 Å². The molecule has 1 aliphatic heterocycles. The molecule has 0 bridgehead atoms. The Morgan fingerprint density at radius 2 is 1.83 bits per heavy atom. The van der Waals surface area contributed by atoms with Gasteiger partial charge in [-0.15, -0.1) is 0 Å². The molecular weight excluding hydrogens is 325 g/mol. The van der Waals surface area contributed by atoms with Crippen molar-refractivity contribution in [3.8, 4) is 5.75 Å². The van der Waals surface area contributed by atoms with Gasteiger partial charge in [0, 0.05) is 5.69 Å². The second-order valence-corrected chi connectivity index (χ2v) is 8.15. The highest BCUT2D eigenvalue weighted by Gasteiger charge is 2.41. The number of benzene rings is 2. The van der Waals surface area contributed by atoms with Gasteiger partial charge < -0.3 is 19.5 Å². The summed E-state index contributed by atoms with van der Waals surface area (Å²) in [6.07, 6.45) is 0.598. The van der Waals surface area contributed by atoms with Gasteiger partial charge >= 0.3 is 7.60 Å². The summed E-state index contributed by atoms with van der Waals surface area (Å²) in [5.74, 6) is -0.478. The van der Waals surface area contributed by atoms with Crippen LogP contribution in [0.3, 0.4) is 0 Å². The molecule has 0 spiro atoms. The molecule has 0 radical (unpaired) electrons. The third kappa shape index (κ3) is 3.81. The molecule has 0 saturated carbocycles. The summed E-state index contributed by atoms with van der Waals surface area (Å²) in [6, 6.07) is 14.4. The second-order valence-electron chi connectivity index (χ2n) is 6.08. The number of anilines is 1. The Morgan fingerprint density at radius 3 is 2.46 bits per heavy atom. The molecule has 1 saturated heterocycles. The largest absolute Gasteiger partial charge is 0.508 e. The Balaban J connectivity index is 1.95. The van der Waals surface area contributed by atoms with Crippen LogP contribution in [0.1, 0.15) is 30.3 Å². The van der Waals surface area contributed by atoms with E-state index in [0.717, 1.165) is 23.2 Å². The molecule has 6 heteroatoms. The number of nitrogens with one attached hydrogen (secondary N) is 1. The first-order valence-electron chi connectivity index (χ1n) is 8.01. The van der Waals surface area contributed by atoms with Crippen molar-refractivity contribution >= 4 is 13.3 Å². The van der Waals surface area contributed by atoms with Gasteiger partial charge in [-0.25, -0.2) is 0 Å². The van der Waals surface area contributed by atoms with Crippen LogP contribution < -0.4 is 5.32 Å². The lowest BCUT2D eigenvalue weighted by molar-refractivity contribution is 0.0887. The zero-order valence-corrected chi connectivity index (χ0v) is 14.7. The summed E-state index contributed by atoms with van der Waals surface area (Å²) < 4.78 is 24.6. The van der Waals surface area contributed by atoms with Gasteiger partial charge in [-0.3, -0.25) is 4.57 Å². The molecule has 0 aliphatic carbocycles. The summed E-state index contributed by atoms with van der Waals surface area (Å²) in [7, 11) is -3.39. The minimum absolute atomic E-state index is 0.121. The lowest BCUT2D eigenvalue weighted by Crippen LogP contribution is -2.23. The van der Waals surface area contributed by atoms with E-state index in [2.05, 4.69) is 5.32 Å². The van der Waals surface area contributed by atoms with Crippen molar-refractivity contribution in [3.05, 3.63) is 59.7 Å². The minimum Gasteiger partial charge on any atom is -0.508 e. The molecule has 24 heavy (non-hydrogen) atoms. The fraction of sp³-hybridized carbons (Fsp3) is 0.333. The van der Waals surface area contributed by atoms with Crippen LogP contribution in [0, 0.1) is 6.92 Å². The maximum Gasteiger partial charge on any atom is 0.357 e. The summed E-state index contributed by atoms with van der Waals surface area (Å²) in [6.45, 7) is 4.32. The molecule has 1 fully saturated rings. The van der Waals surface area contributed by atoms with Crippen molar-refractivity contribution < 1.29 is 18.7 Å². The van der Waals surface area contributed by atoms with Gasteiger partial charge in [0.1, 0.15) is 5.75 Å². The third-order valence-electron chi connectivity index (χ3n) is 4.00. The lowest BCUT2D eigenvalue weighted by Gasteiger charge is -2.34. The molecule has 128 valence electrons. The number of hydrogen-bond acceptors (Lipinski definition) is 5. The zero-order chi connectivity index (χ0) is 17.2. The number of phenolic OH excluding ortho intramolecular Hbond substituents is 1. The van der Waals surface area contributed by atoms with Crippen molar-refractivity contribution in [3.63, 3.8) is 0 Å². The molecule has 5 nitrogen and oxygen atoms in total. The molecule has 0 aromatic heterocycles. The Labute approximate surface area is 142 Å². The first kappa shape index (κ1) is 17.0. The van der Waals surface area contributed by atoms with Crippen LogP contribution in [0.15, 0.2) is 48.5 Å². The van der Waals surface area contributed by atoms with Crippen LogP contribution in [-0.2, 0) is 13.6 Å². The van der Waals surface area contributed by atoms with E-state index in [-0.39, 0.29) is 11.9 Å².